The van der Waals surface area contributed by atoms with E-state index < -0.39 is 0 Å². The maximum absolute atomic E-state index is 11.5. The predicted octanol–water partition coefficient (Wildman–Crippen LogP) is 1.08. The van der Waals surface area contributed by atoms with Gasteiger partial charge in [-0.15, -0.1) is 6.42 Å². The average molecular weight is 195 g/mol. The molecule has 0 saturated heterocycles. The zero-order chi connectivity index (χ0) is 10.6. The molecular formula is C11H17NO2. The van der Waals surface area contributed by atoms with Gasteiger partial charge in [0.2, 0.25) is 5.91 Å². The van der Waals surface area contributed by atoms with E-state index in [0.717, 1.165) is 19.3 Å². The van der Waals surface area contributed by atoms with Crippen molar-refractivity contribution in [2.75, 3.05) is 7.11 Å². The minimum atomic E-state index is -0.210. The number of carbonyl (C=O) groups excluding carboxylic acids is 1. The molecular weight excluding hydrogens is 178 g/mol. The number of terminal acetylenes is 1. The molecule has 0 heterocycles. The van der Waals surface area contributed by atoms with E-state index in [2.05, 4.69) is 11.2 Å². The molecule has 1 aliphatic carbocycles. The molecule has 1 aliphatic rings. The number of ether oxygens (including phenoxy) is 1. The summed E-state index contributed by atoms with van der Waals surface area (Å²) in [5, 5.41) is 2.73. The molecule has 1 atom stereocenters. The minimum absolute atomic E-state index is 0.0167. The Kier molecular flexibility index (Phi) is 3.54. The van der Waals surface area contributed by atoms with Crippen LogP contribution in [-0.4, -0.2) is 24.7 Å². The first-order valence-electron chi connectivity index (χ1n) is 4.92. The van der Waals surface area contributed by atoms with Crippen LogP contribution in [0.2, 0.25) is 0 Å². The Morgan fingerprint density at radius 3 is 2.71 bits per heavy atom. The van der Waals surface area contributed by atoms with Gasteiger partial charge in [0.1, 0.15) is 0 Å². The number of carbonyl (C=O) groups is 1. The molecule has 0 aromatic rings. The number of amides is 1. The molecule has 3 heteroatoms. The fourth-order valence-corrected chi connectivity index (χ4v) is 1.65. The Morgan fingerprint density at radius 2 is 2.36 bits per heavy atom. The number of rotatable bonds is 4. The second-order valence-electron chi connectivity index (χ2n) is 3.87. The lowest BCUT2D eigenvalue weighted by atomic mass is 9.77. The van der Waals surface area contributed by atoms with Gasteiger partial charge in [-0.1, -0.05) is 5.92 Å². The third-order valence-corrected chi connectivity index (χ3v) is 2.81. The second-order valence-corrected chi connectivity index (χ2v) is 3.87. The summed E-state index contributed by atoms with van der Waals surface area (Å²) in [7, 11) is 1.66. The summed E-state index contributed by atoms with van der Waals surface area (Å²) in [6.45, 7) is 1.79. The Morgan fingerprint density at radius 1 is 1.71 bits per heavy atom. The van der Waals surface area contributed by atoms with Gasteiger partial charge in [-0.3, -0.25) is 4.79 Å². The molecule has 1 amide bonds. The third kappa shape index (κ3) is 2.49. The smallest absolute Gasteiger partial charge is 0.223 e. The monoisotopic (exact) mass is 195 g/mol. The van der Waals surface area contributed by atoms with Gasteiger partial charge in [0.05, 0.1) is 18.1 Å². The highest BCUT2D eigenvalue weighted by atomic mass is 16.5. The molecule has 0 aromatic carbocycles. The summed E-state index contributed by atoms with van der Waals surface area (Å²) < 4.78 is 5.35. The van der Waals surface area contributed by atoms with E-state index in [1.54, 1.807) is 14.0 Å². The van der Waals surface area contributed by atoms with Crippen LogP contribution in [0.25, 0.3) is 0 Å². The summed E-state index contributed by atoms with van der Waals surface area (Å²) >= 11 is 0. The van der Waals surface area contributed by atoms with E-state index in [4.69, 9.17) is 11.2 Å². The molecule has 0 spiro atoms. The lowest BCUT2D eigenvalue weighted by Crippen LogP contribution is -2.45. The Bertz CT molecular complexity index is 245. The second kappa shape index (κ2) is 4.47. The van der Waals surface area contributed by atoms with Crippen LogP contribution in [0.3, 0.4) is 0 Å². The van der Waals surface area contributed by atoms with Gasteiger partial charge in [-0.05, 0) is 26.2 Å². The van der Waals surface area contributed by atoms with Gasteiger partial charge in [0.15, 0.2) is 0 Å². The molecule has 0 radical (unpaired) electrons. The Labute approximate surface area is 85.2 Å². The van der Waals surface area contributed by atoms with Crippen LogP contribution < -0.4 is 5.32 Å². The molecule has 1 rings (SSSR count). The summed E-state index contributed by atoms with van der Waals surface area (Å²) in [6, 6.07) is -0.198. The number of hydrogen-bond acceptors (Lipinski definition) is 2. The average Bonchev–Trinajstić information content (AvgIpc) is 2.11. The third-order valence-electron chi connectivity index (χ3n) is 2.81. The largest absolute Gasteiger partial charge is 0.378 e. The van der Waals surface area contributed by atoms with E-state index >= 15 is 0 Å². The van der Waals surface area contributed by atoms with Crippen molar-refractivity contribution in [1.29, 1.82) is 0 Å². The maximum Gasteiger partial charge on any atom is 0.223 e. The van der Waals surface area contributed by atoms with Gasteiger partial charge in [0, 0.05) is 7.11 Å². The standard InChI is InChI=1S/C11H17NO2/c1-4-9(2)12-10(13)8-11(14-3)6-5-7-11/h1,9H,5-8H2,2-3H3,(H,12,13). The van der Waals surface area contributed by atoms with Crippen molar-refractivity contribution in [2.24, 2.45) is 0 Å². The SMILES string of the molecule is C#CC(C)NC(=O)CC1(OC)CCC1. The van der Waals surface area contributed by atoms with E-state index in [1.807, 2.05) is 0 Å². The van der Waals surface area contributed by atoms with E-state index in [1.165, 1.54) is 0 Å². The van der Waals surface area contributed by atoms with Crippen LogP contribution in [0.5, 0.6) is 0 Å². The number of nitrogens with one attached hydrogen (secondary N) is 1. The van der Waals surface area contributed by atoms with Crippen LogP contribution in [-0.2, 0) is 9.53 Å². The van der Waals surface area contributed by atoms with Gasteiger partial charge in [-0.2, -0.15) is 0 Å². The molecule has 3 nitrogen and oxygen atoms in total. The molecule has 0 bridgehead atoms. The van der Waals surface area contributed by atoms with Crippen molar-refractivity contribution in [3.8, 4) is 12.3 Å². The highest BCUT2D eigenvalue weighted by Gasteiger charge is 2.38. The van der Waals surface area contributed by atoms with Crippen LogP contribution in [0.15, 0.2) is 0 Å². The van der Waals surface area contributed by atoms with Crippen molar-refractivity contribution < 1.29 is 9.53 Å². The maximum atomic E-state index is 11.5. The molecule has 1 fully saturated rings. The van der Waals surface area contributed by atoms with E-state index in [0.29, 0.717) is 6.42 Å². The first-order chi connectivity index (χ1) is 6.62. The number of hydrogen-bond donors (Lipinski definition) is 1. The van der Waals surface area contributed by atoms with Crippen molar-refractivity contribution in [3.05, 3.63) is 0 Å². The van der Waals surface area contributed by atoms with Crippen LogP contribution in [0.4, 0.5) is 0 Å². The van der Waals surface area contributed by atoms with Crippen LogP contribution in [0, 0.1) is 12.3 Å². The van der Waals surface area contributed by atoms with Crippen molar-refractivity contribution in [1.82, 2.24) is 5.32 Å². The van der Waals surface area contributed by atoms with Crippen LogP contribution in [0.1, 0.15) is 32.6 Å². The van der Waals surface area contributed by atoms with Crippen LogP contribution >= 0.6 is 0 Å². The van der Waals surface area contributed by atoms with Gasteiger partial charge in [-0.25, -0.2) is 0 Å². The first kappa shape index (κ1) is 11.1. The Balaban J connectivity index is 2.37. The van der Waals surface area contributed by atoms with Crippen molar-refractivity contribution >= 4 is 5.91 Å². The highest BCUT2D eigenvalue weighted by Crippen LogP contribution is 2.37. The quantitative estimate of drug-likeness (QED) is 0.682. The molecule has 1 N–H and O–H groups in total. The molecule has 1 unspecified atom stereocenters. The highest BCUT2D eigenvalue weighted by molar-refractivity contribution is 5.77. The first-order valence-corrected chi connectivity index (χ1v) is 4.92. The van der Waals surface area contributed by atoms with Gasteiger partial charge in [0.25, 0.3) is 0 Å². The number of methoxy groups -OCH3 is 1. The molecule has 0 aromatic heterocycles. The predicted molar refractivity (Wildman–Crippen MR) is 54.6 cm³/mol. The summed E-state index contributed by atoms with van der Waals surface area (Å²) in [4.78, 5) is 11.5. The van der Waals surface area contributed by atoms with E-state index in [-0.39, 0.29) is 17.6 Å². The lowest BCUT2D eigenvalue weighted by molar-refractivity contribution is -0.134. The summed E-state index contributed by atoms with van der Waals surface area (Å²) in [5.74, 6) is 2.45. The Hall–Kier alpha value is -1.01. The molecule has 78 valence electrons. The molecule has 1 saturated carbocycles. The van der Waals surface area contributed by atoms with Gasteiger partial charge >= 0.3 is 0 Å². The van der Waals surface area contributed by atoms with Gasteiger partial charge < -0.3 is 10.1 Å². The normalized spacial score (nSPS) is 20.4. The van der Waals surface area contributed by atoms with Crippen molar-refractivity contribution in [2.45, 2.75) is 44.2 Å². The molecule has 14 heavy (non-hydrogen) atoms. The summed E-state index contributed by atoms with van der Waals surface area (Å²) in [6.07, 6.45) is 8.69. The van der Waals surface area contributed by atoms with Crippen molar-refractivity contribution in [3.63, 3.8) is 0 Å². The zero-order valence-corrected chi connectivity index (χ0v) is 8.80. The zero-order valence-electron chi connectivity index (χ0n) is 8.80. The lowest BCUT2D eigenvalue weighted by Gasteiger charge is -2.40. The fraction of sp³-hybridized carbons (Fsp3) is 0.727. The molecule has 0 aliphatic heterocycles. The minimum Gasteiger partial charge on any atom is -0.378 e. The summed E-state index contributed by atoms with van der Waals surface area (Å²) in [5.41, 5.74) is -0.210. The van der Waals surface area contributed by atoms with E-state index in [9.17, 15) is 4.79 Å². The topological polar surface area (TPSA) is 38.3 Å². The fourth-order valence-electron chi connectivity index (χ4n) is 1.65.